The summed E-state index contributed by atoms with van der Waals surface area (Å²) in [4.78, 5) is 30.3. The first-order valence-electron chi connectivity index (χ1n) is 12.3. The maximum Gasteiger partial charge on any atom is 0.245 e. The summed E-state index contributed by atoms with van der Waals surface area (Å²) >= 11 is 0. The lowest BCUT2D eigenvalue weighted by atomic mass is 9.86. The van der Waals surface area contributed by atoms with Gasteiger partial charge in [-0.15, -0.1) is 0 Å². The minimum absolute atomic E-state index is 0.00852. The number of aryl methyl sites for hydroxylation is 1. The number of benzene rings is 2. The van der Waals surface area contributed by atoms with Gasteiger partial charge in [0.2, 0.25) is 21.8 Å². The van der Waals surface area contributed by atoms with E-state index in [0.717, 1.165) is 22.2 Å². The molecule has 2 amide bonds. The molecule has 0 bridgehead atoms. The average Bonchev–Trinajstić information content (AvgIpc) is 2.84. The van der Waals surface area contributed by atoms with Crippen molar-refractivity contribution in [1.29, 1.82) is 0 Å². The lowest BCUT2D eigenvalue weighted by molar-refractivity contribution is -0.144. The van der Waals surface area contributed by atoms with Crippen LogP contribution in [0.25, 0.3) is 10.9 Å². The van der Waals surface area contributed by atoms with Gasteiger partial charge in [0.1, 0.15) is 12.4 Å². The molecule has 0 atom stereocenters. The number of carbonyl (C=O) groups is 2. The monoisotopic (exact) mass is 540 g/mol. The number of para-hydroxylation sites is 1. The number of carbonyl (C=O) groups excluding carboxylic acids is 2. The molecule has 1 aliphatic rings. The fourth-order valence-electron chi connectivity index (χ4n) is 4.63. The molecular weight excluding hydrogens is 508 g/mol. The topological polar surface area (TPSA) is 138 Å². The fraction of sp³-hybridized carbons (Fsp3) is 0.370. The second-order valence-corrected chi connectivity index (χ2v) is 11.8. The Morgan fingerprint density at radius 3 is 2.47 bits per heavy atom. The second-order valence-electron chi connectivity index (χ2n) is 10.1. The Morgan fingerprint density at radius 1 is 1.13 bits per heavy atom. The highest BCUT2D eigenvalue weighted by Gasteiger charge is 2.49. The number of likely N-dealkylation sites (tertiary alicyclic amines) is 1. The number of sulfonamides is 1. The molecule has 38 heavy (non-hydrogen) atoms. The lowest BCUT2D eigenvalue weighted by Gasteiger charge is -2.50. The maximum atomic E-state index is 13.2. The summed E-state index contributed by atoms with van der Waals surface area (Å²) in [5.41, 5.74) is 3.05. The molecule has 0 unspecified atom stereocenters. The molecule has 0 radical (unpaired) electrons. The van der Waals surface area contributed by atoms with Crippen LogP contribution in [0.2, 0.25) is 0 Å². The van der Waals surface area contributed by atoms with Crippen LogP contribution in [0.4, 0.5) is 0 Å². The molecule has 0 aliphatic carbocycles. The number of hydrogen-bond acceptors (Lipinski definition) is 7. The van der Waals surface area contributed by atoms with Gasteiger partial charge in [-0.3, -0.25) is 19.8 Å². The SMILES string of the molecule is Cc1cc(COc2ccc(S(=O)(=O)NC3(CC(=O)NO)CN(C(=O)CC(C)C)C3)cc2)c2ccccc2n1. The first-order chi connectivity index (χ1) is 18.0. The second kappa shape index (κ2) is 11.1. The molecule has 202 valence electrons. The van der Waals surface area contributed by atoms with Crippen LogP contribution in [0, 0.1) is 12.8 Å². The number of nitrogens with zero attached hydrogens (tertiary/aromatic N) is 2. The van der Waals surface area contributed by atoms with Crippen molar-refractivity contribution < 1.29 is 28.0 Å². The third kappa shape index (κ3) is 6.29. The van der Waals surface area contributed by atoms with Gasteiger partial charge < -0.3 is 9.64 Å². The van der Waals surface area contributed by atoms with Crippen molar-refractivity contribution in [2.45, 2.75) is 50.7 Å². The van der Waals surface area contributed by atoms with Gasteiger partial charge in [0, 0.05) is 36.2 Å². The van der Waals surface area contributed by atoms with E-state index < -0.39 is 21.5 Å². The summed E-state index contributed by atoms with van der Waals surface area (Å²) in [6.45, 7) is 6.10. The van der Waals surface area contributed by atoms with Crippen LogP contribution in [0.5, 0.6) is 5.75 Å². The van der Waals surface area contributed by atoms with Crippen molar-refractivity contribution in [3.63, 3.8) is 0 Å². The summed E-state index contributed by atoms with van der Waals surface area (Å²) in [6.07, 6.45) is 0.0139. The van der Waals surface area contributed by atoms with E-state index in [1.54, 1.807) is 17.6 Å². The Balaban J connectivity index is 1.45. The molecule has 4 rings (SSSR count). The minimum atomic E-state index is -4.04. The van der Waals surface area contributed by atoms with Crippen LogP contribution >= 0.6 is 0 Å². The number of pyridine rings is 1. The molecule has 1 aromatic heterocycles. The predicted octanol–water partition coefficient (Wildman–Crippen LogP) is 2.92. The van der Waals surface area contributed by atoms with E-state index in [1.165, 1.54) is 17.0 Å². The lowest BCUT2D eigenvalue weighted by Crippen LogP contribution is -2.72. The smallest absolute Gasteiger partial charge is 0.245 e. The van der Waals surface area contributed by atoms with Crippen LogP contribution in [0.15, 0.2) is 59.5 Å². The molecule has 11 heteroatoms. The van der Waals surface area contributed by atoms with Gasteiger partial charge in [0.15, 0.2) is 0 Å². The summed E-state index contributed by atoms with van der Waals surface area (Å²) in [7, 11) is -4.04. The Bertz CT molecular complexity index is 1430. The van der Waals surface area contributed by atoms with Crippen LogP contribution in [-0.2, 0) is 26.2 Å². The van der Waals surface area contributed by atoms with Crippen molar-refractivity contribution in [1.82, 2.24) is 20.1 Å². The highest BCUT2D eigenvalue weighted by Crippen LogP contribution is 2.29. The predicted molar refractivity (Wildman–Crippen MR) is 141 cm³/mol. The van der Waals surface area contributed by atoms with Crippen molar-refractivity contribution in [3.8, 4) is 5.75 Å². The van der Waals surface area contributed by atoms with Gasteiger partial charge in [-0.2, -0.15) is 0 Å². The van der Waals surface area contributed by atoms with E-state index >= 15 is 0 Å². The van der Waals surface area contributed by atoms with Crippen LogP contribution in [0.1, 0.15) is 37.9 Å². The van der Waals surface area contributed by atoms with Gasteiger partial charge in [0.25, 0.3) is 0 Å². The Hall–Kier alpha value is -3.54. The normalized spacial score (nSPS) is 14.8. The number of aromatic nitrogens is 1. The zero-order chi connectivity index (χ0) is 27.5. The number of amides is 2. The van der Waals surface area contributed by atoms with Crippen LogP contribution in [0.3, 0.4) is 0 Å². The fourth-order valence-corrected chi connectivity index (χ4v) is 6.02. The number of fused-ring (bicyclic) bond motifs is 1. The molecule has 0 spiro atoms. The molecule has 1 saturated heterocycles. The van der Waals surface area contributed by atoms with Crippen molar-refractivity contribution in [2.24, 2.45) is 5.92 Å². The first kappa shape index (κ1) is 27.5. The molecule has 2 heterocycles. The van der Waals surface area contributed by atoms with E-state index in [1.807, 2.05) is 51.1 Å². The quantitative estimate of drug-likeness (QED) is 0.266. The van der Waals surface area contributed by atoms with Gasteiger partial charge in [-0.25, -0.2) is 18.6 Å². The Kier molecular flexibility index (Phi) is 8.00. The van der Waals surface area contributed by atoms with Crippen LogP contribution < -0.4 is 14.9 Å². The van der Waals surface area contributed by atoms with Crippen molar-refractivity contribution in [2.75, 3.05) is 13.1 Å². The van der Waals surface area contributed by atoms with E-state index in [2.05, 4.69) is 9.71 Å². The van der Waals surface area contributed by atoms with Crippen molar-refractivity contribution >= 4 is 32.7 Å². The Labute approximate surface area is 222 Å². The van der Waals surface area contributed by atoms with Crippen LogP contribution in [-0.4, -0.2) is 54.0 Å². The van der Waals surface area contributed by atoms with E-state index in [4.69, 9.17) is 9.94 Å². The summed E-state index contributed by atoms with van der Waals surface area (Å²) in [6, 6.07) is 15.7. The van der Waals surface area contributed by atoms with E-state index in [9.17, 15) is 18.0 Å². The molecule has 3 aromatic rings. The molecular formula is C27H32N4O6S. The summed E-state index contributed by atoms with van der Waals surface area (Å²) < 4.78 is 34.9. The largest absolute Gasteiger partial charge is 0.489 e. The van der Waals surface area contributed by atoms with Gasteiger partial charge in [-0.05, 0) is 49.2 Å². The molecule has 3 N–H and O–H groups in total. The highest BCUT2D eigenvalue weighted by atomic mass is 32.2. The van der Waals surface area contributed by atoms with Gasteiger partial charge in [0.05, 0.1) is 22.4 Å². The third-order valence-electron chi connectivity index (χ3n) is 6.36. The zero-order valence-electron chi connectivity index (χ0n) is 21.6. The molecule has 1 fully saturated rings. The minimum Gasteiger partial charge on any atom is -0.489 e. The van der Waals surface area contributed by atoms with Crippen molar-refractivity contribution in [3.05, 3.63) is 65.9 Å². The number of hydroxylamine groups is 1. The molecule has 2 aromatic carbocycles. The number of hydrogen-bond donors (Lipinski definition) is 3. The number of nitrogens with one attached hydrogen (secondary N) is 2. The number of ether oxygens (including phenoxy) is 1. The molecule has 0 saturated carbocycles. The molecule has 1 aliphatic heterocycles. The highest BCUT2D eigenvalue weighted by molar-refractivity contribution is 7.89. The first-order valence-corrected chi connectivity index (χ1v) is 13.8. The van der Waals surface area contributed by atoms with Gasteiger partial charge >= 0.3 is 0 Å². The van der Waals surface area contributed by atoms with E-state index in [-0.39, 0.29) is 42.8 Å². The maximum absolute atomic E-state index is 13.2. The van der Waals surface area contributed by atoms with Gasteiger partial charge in [-0.1, -0.05) is 32.0 Å². The zero-order valence-corrected chi connectivity index (χ0v) is 22.4. The number of rotatable bonds is 10. The summed E-state index contributed by atoms with van der Waals surface area (Å²) in [5.74, 6) is -0.216. The third-order valence-corrected chi connectivity index (χ3v) is 7.95. The Morgan fingerprint density at radius 2 is 1.82 bits per heavy atom. The van der Waals surface area contributed by atoms with E-state index in [0.29, 0.717) is 12.2 Å². The standard InChI is InChI=1S/C27H32N4O6S/c1-18(2)12-26(33)31-16-27(17-31,14-25(32)29-34)30-38(35,36)22-10-8-21(9-11-22)37-15-20-13-19(3)28-24-7-5-4-6-23(20)24/h4-11,13,18,30,34H,12,14-17H2,1-3H3,(H,29,32). The summed E-state index contributed by atoms with van der Waals surface area (Å²) in [5, 5.41) is 9.98. The molecule has 10 nitrogen and oxygen atoms in total. The average molecular weight is 541 g/mol.